The Morgan fingerprint density at radius 3 is 2.45 bits per heavy atom. The van der Waals surface area contributed by atoms with Crippen LogP contribution in [-0.2, 0) is 6.18 Å². The van der Waals surface area contributed by atoms with Gasteiger partial charge in [-0.25, -0.2) is 4.39 Å². The molecule has 1 aromatic carbocycles. The molecule has 0 aliphatic heterocycles. The van der Waals surface area contributed by atoms with Crippen LogP contribution in [0.15, 0.2) is 12.1 Å². The molecule has 0 unspecified atom stereocenters. The monoisotopic (exact) mass is 313 g/mol. The first-order valence-electron chi connectivity index (χ1n) is 6.18. The summed E-state index contributed by atoms with van der Waals surface area (Å²) in [6.45, 7) is 1.89. The fourth-order valence-electron chi connectivity index (χ4n) is 1.82. The second kappa shape index (κ2) is 6.74. The predicted octanol–water partition coefficient (Wildman–Crippen LogP) is 4.05. The van der Waals surface area contributed by atoms with E-state index in [1.165, 1.54) is 0 Å². The van der Waals surface area contributed by atoms with Crippen molar-refractivity contribution >= 4 is 11.6 Å². The molecule has 1 aromatic rings. The average Bonchev–Trinajstić information content (AvgIpc) is 2.36. The van der Waals surface area contributed by atoms with Crippen molar-refractivity contribution in [1.29, 1.82) is 0 Å². The zero-order valence-corrected chi connectivity index (χ0v) is 11.6. The predicted molar refractivity (Wildman–Crippen MR) is 68.9 cm³/mol. The van der Waals surface area contributed by atoms with Crippen molar-refractivity contribution in [3.63, 3.8) is 0 Å². The van der Waals surface area contributed by atoms with Gasteiger partial charge >= 0.3 is 6.18 Å². The molecule has 0 radical (unpaired) electrons. The Hall–Kier alpha value is -0.850. The van der Waals surface area contributed by atoms with E-state index in [9.17, 15) is 22.7 Å². The molecule has 20 heavy (non-hydrogen) atoms. The molecule has 2 nitrogen and oxygen atoms in total. The fraction of sp³-hybridized carbons (Fsp3) is 0.538. The Morgan fingerprint density at radius 1 is 1.35 bits per heavy atom. The van der Waals surface area contributed by atoms with Crippen LogP contribution in [-0.4, -0.2) is 11.2 Å². The van der Waals surface area contributed by atoms with Gasteiger partial charge < -0.3 is 10.8 Å². The first-order chi connectivity index (χ1) is 9.18. The van der Waals surface area contributed by atoms with Crippen LogP contribution < -0.4 is 5.73 Å². The summed E-state index contributed by atoms with van der Waals surface area (Å²) in [5.41, 5.74) is 4.14. The molecule has 114 valence electrons. The molecule has 0 spiro atoms. The van der Waals surface area contributed by atoms with Gasteiger partial charge in [0.25, 0.3) is 0 Å². The van der Waals surface area contributed by atoms with E-state index in [1.54, 1.807) is 0 Å². The van der Waals surface area contributed by atoms with Gasteiger partial charge in [-0.1, -0.05) is 31.4 Å². The fourth-order valence-corrected chi connectivity index (χ4v) is 2.04. The Morgan fingerprint density at radius 2 is 1.95 bits per heavy atom. The Bertz CT molecular complexity index is 464. The number of aliphatic hydroxyl groups is 1. The molecule has 0 heterocycles. The van der Waals surface area contributed by atoms with Crippen LogP contribution in [0.1, 0.15) is 43.4 Å². The Labute approximate surface area is 119 Å². The average molecular weight is 314 g/mol. The van der Waals surface area contributed by atoms with Gasteiger partial charge in [0, 0.05) is 5.56 Å². The van der Waals surface area contributed by atoms with E-state index in [2.05, 4.69) is 0 Å². The number of hydrogen-bond donors (Lipinski definition) is 2. The molecule has 0 bridgehead atoms. The molecule has 0 amide bonds. The molecular formula is C13H16ClF4NO. The van der Waals surface area contributed by atoms with Gasteiger partial charge in [0.2, 0.25) is 0 Å². The van der Waals surface area contributed by atoms with Crippen LogP contribution in [0.25, 0.3) is 0 Å². The molecule has 0 saturated carbocycles. The van der Waals surface area contributed by atoms with Gasteiger partial charge in [-0.05, 0) is 18.6 Å². The molecule has 0 saturated heterocycles. The highest BCUT2D eigenvalue weighted by Gasteiger charge is 2.33. The van der Waals surface area contributed by atoms with Crippen LogP contribution in [0, 0.1) is 5.82 Å². The molecule has 0 aliphatic carbocycles. The Kier molecular flexibility index (Phi) is 5.79. The Balaban J connectivity index is 3.13. The van der Waals surface area contributed by atoms with Crippen LogP contribution in [0.5, 0.6) is 0 Å². The van der Waals surface area contributed by atoms with E-state index in [-0.39, 0.29) is 6.42 Å². The minimum atomic E-state index is -4.65. The minimum Gasteiger partial charge on any atom is -0.391 e. The van der Waals surface area contributed by atoms with Crippen LogP contribution >= 0.6 is 11.6 Å². The molecule has 0 fully saturated rings. The van der Waals surface area contributed by atoms with Crippen molar-refractivity contribution in [3.05, 3.63) is 34.1 Å². The summed E-state index contributed by atoms with van der Waals surface area (Å²) in [6.07, 6.45) is -4.06. The summed E-state index contributed by atoms with van der Waals surface area (Å²) < 4.78 is 51.8. The van der Waals surface area contributed by atoms with E-state index in [1.807, 2.05) is 6.92 Å². The van der Waals surface area contributed by atoms with Crippen molar-refractivity contribution < 1.29 is 22.7 Å². The van der Waals surface area contributed by atoms with Gasteiger partial charge in [-0.3, -0.25) is 0 Å². The second-order valence-corrected chi connectivity index (χ2v) is 5.00. The molecule has 0 aliphatic rings. The number of benzene rings is 1. The lowest BCUT2D eigenvalue weighted by Gasteiger charge is -2.21. The number of aliphatic hydroxyl groups excluding tert-OH is 1. The van der Waals surface area contributed by atoms with Crippen molar-refractivity contribution in [1.82, 2.24) is 0 Å². The summed E-state index contributed by atoms with van der Waals surface area (Å²) in [5, 5.41) is 9.14. The van der Waals surface area contributed by atoms with Gasteiger partial charge in [0.05, 0.1) is 22.7 Å². The number of hydrogen-bond acceptors (Lipinski definition) is 2. The maximum absolute atomic E-state index is 13.8. The summed E-state index contributed by atoms with van der Waals surface area (Å²) in [6, 6.07) is -0.145. The summed E-state index contributed by atoms with van der Waals surface area (Å²) in [7, 11) is 0. The third kappa shape index (κ3) is 4.07. The molecule has 0 aromatic heterocycles. The van der Waals surface area contributed by atoms with Crippen molar-refractivity contribution in [3.8, 4) is 0 Å². The third-order valence-electron chi connectivity index (χ3n) is 3.01. The highest BCUT2D eigenvalue weighted by atomic mass is 35.5. The normalized spacial score (nSPS) is 15.2. The number of halogens is 5. The third-order valence-corrected chi connectivity index (χ3v) is 3.29. The summed E-state index contributed by atoms with van der Waals surface area (Å²) in [4.78, 5) is 0. The highest BCUT2D eigenvalue weighted by Crippen LogP contribution is 2.35. The smallest absolute Gasteiger partial charge is 0.391 e. The largest absolute Gasteiger partial charge is 0.416 e. The number of unbranched alkanes of at least 4 members (excludes halogenated alkanes) is 1. The van der Waals surface area contributed by atoms with Gasteiger partial charge in [-0.2, -0.15) is 13.2 Å². The summed E-state index contributed by atoms with van der Waals surface area (Å²) >= 11 is 5.47. The van der Waals surface area contributed by atoms with E-state index in [0.29, 0.717) is 18.6 Å². The lowest BCUT2D eigenvalue weighted by atomic mass is 9.96. The van der Waals surface area contributed by atoms with E-state index in [4.69, 9.17) is 17.3 Å². The maximum atomic E-state index is 13.8. The van der Waals surface area contributed by atoms with Gasteiger partial charge in [0.15, 0.2) is 0 Å². The molecule has 7 heteroatoms. The second-order valence-electron chi connectivity index (χ2n) is 4.59. The lowest BCUT2D eigenvalue weighted by Crippen LogP contribution is -2.27. The number of alkyl halides is 3. The van der Waals surface area contributed by atoms with E-state index in [0.717, 1.165) is 6.42 Å². The van der Waals surface area contributed by atoms with Crippen LogP contribution in [0.3, 0.4) is 0 Å². The highest BCUT2D eigenvalue weighted by molar-refractivity contribution is 6.30. The topological polar surface area (TPSA) is 46.2 Å². The standard InChI is InChI=1S/C13H16ClF4NO/c1-2-3-4-10(20)12(19)8-5-7(13(16,17)18)6-9(14)11(8)15/h5-6,10,12,20H,2-4,19H2,1H3/t10-,12+/m0/s1. The van der Waals surface area contributed by atoms with E-state index >= 15 is 0 Å². The quantitative estimate of drug-likeness (QED) is 0.806. The van der Waals surface area contributed by atoms with E-state index < -0.39 is 40.3 Å². The zero-order chi connectivity index (χ0) is 15.5. The molecule has 1 rings (SSSR count). The first kappa shape index (κ1) is 17.2. The van der Waals surface area contributed by atoms with Crippen LogP contribution in [0.4, 0.5) is 17.6 Å². The van der Waals surface area contributed by atoms with Crippen molar-refractivity contribution in [2.24, 2.45) is 5.73 Å². The maximum Gasteiger partial charge on any atom is 0.416 e. The number of nitrogens with two attached hydrogens (primary N) is 1. The number of rotatable bonds is 5. The van der Waals surface area contributed by atoms with Crippen molar-refractivity contribution in [2.75, 3.05) is 0 Å². The first-order valence-corrected chi connectivity index (χ1v) is 6.56. The molecular weight excluding hydrogens is 298 g/mol. The van der Waals surface area contributed by atoms with Crippen molar-refractivity contribution in [2.45, 2.75) is 44.5 Å². The van der Waals surface area contributed by atoms with Gasteiger partial charge in [-0.15, -0.1) is 0 Å². The van der Waals surface area contributed by atoms with Gasteiger partial charge in [0.1, 0.15) is 5.82 Å². The molecule has 3 N–H and O–H groups in total. The minimum absolute atomic E-state index is 0.283. The zero-order valence-electron chi connectivity index (χ0n) is 10.8. The van der Waals surface area contributed by atoms with Crippen LogP contribution in [0.2, 0.25) is 5.02 Å². The molecule has 2 atom stereocenters. The SMILES string of the molecule is CCCC[C@H](O)[C@H](N)c1cc(C(F)(F)F)cc(Cl)c1F. The lowest BCUT2D eigenvalue weighted by molar-refractivity contribution is -0.137. The summed E-state index contributed by atoms with van der Waals surface area (Å²) in [5.74, 6) is -1.03.